The summed E-state index contributed by atoms with van der Waals surface area (Å²) in [5.41, 5.74) is 8.89. The van der Waals surface area contributed by atoms with Crippen molar-refractivity contribution in [2.75, 3.05) is 7.11 Å². The van der Waals surface area contributed by atoms with E-state index in [0.717, 1.165) is 42.4 Å². The van der Waals surface area contributed by atoms with Gasteiger partial charge in [-0.2, -0.15) is 0 Å². The molecule has 1 aromatic heterocycles. The van der Waals surface area contributed by atoms with Crippen LogP contribution in [-0.4, -0.2) is 50.3 Å². The first-order valence-electron chi connectivity index (χ1n) is 10.4. The molecule has 5 rings (SSSR count). The largest absolute Gasteiger partial charge is 0.476 e. The minimum absolute atomic E-state index is 0.0437. The molecule has 4 atom stereocenters. The molecule has 30 heavy (non-hydrogen) atoms. The number of nitrogens with two attached hydrogens (primary N) is 1. The van der Waals surface area contributed by atoms with Crippen LogP contribution in [0.25, 0.3) is 11.1 Å². The number of ether oxygens (including phenoxy) is 2. The summed E-state index contributed by atoms with van der Waals surface area (Å²) in [6.07, 6.45) is 8.80. The molecule has 1 aliphatic heterocycles. The summed E-state index contributed by atoms with van der Waals surface area (Å²) in [7, 11) is 15.0. The second-order valence-corrected chi connectivity index (χ2v) is 9.01. The molecule has 1 aromatic carbocycles. The first-order chi connectivity index (χ1) is 14.3. The maximum atomic E-state index is 6.64. The summed E-state index contributed by atoms with van der Waals surface area (Å²) in [5, 5.41) is -1.53. The topological polar surface area (TPSA) is 82.6 Å². The molecule has 4 radical (unpaired) electrons. The van der Waals surface area contributed by atoms with E-state index in [9.17, 15) is 0 Å². The highest BCUT2D eigenvalue weighted by molar-refractivity contribution is 6.41. The van der Waals surface area contributed by atoms with Crippen LogP contribution in [0.2, 0.25) is 0 Å². The molecule has 3 aliphatic rings. The summed E-state index contributed by atoms with van der Waals surface area (Å²) < 4.78 is 11.4. The summed E-state index contributed by atoms with van der Waals surface area (Å²) in [6, 6.07) is 6.38. The molecule has 0 unspecified atom stereocenters. The van der Waals surface area contributed by atoms with Crippen molar-refractivity contribution in [2.24, 2.45) is 22.1 Å². The molecule has 6 nitrogen and oxygen atoms in total. The zero-order chi connectivity index (χ0) is 21.1. The van der Waals surface area contributed by atoms with Crippen molar-refractivity contribution in [3.8, 4) is 11.1 Å². The molecule has 0 bridgehead atoms. The van der Waals surface area contributed by atoms with Gasteiger partial charge in [-0.15, -0.1) is 0 Å². The van der Waals surface area contributed by atoms with E-state index in [1.807, 2.05) is 0 Å². The Labute approximate surface area is 179 Å². The molecule has 1 saturated carbocycles. The van der Waals surface area contributed by atoms with E-state index in [0.29, 0.717) is 5.92 Å². The molecule has 8 heteroatoms. The molecule has 2 aromatic rings. The van der Waals surface area contributed by atoms with E-state index < -0.39 is 10.9 Å². The van der Waals surface area contributed by atoms with Gasteiger partial charge in [-0.25, -0.2) is 15.0 Å². The maximum Gasteiger partial charge on any atom is 0.281 e. The molecule has 2 N–H and O–H groups in total. The second kappa shape index (κ2) is 6.58. The lowest BCUT2D eigenvalue weighted by Crippen LogP contribution is -2.60. The zero-order valence-corrected chi connectivity index (χ0v) is 17.3. The van der Waals surface area contributed by atoms with Gasteiger partial charge in [-0.3, -0.25) is 0 Å². The Balaban J connectivity index is 1.70. The van der Waals surface area contributed by atoms with Crippen molar-refractivity contribution in [1.82, 2.24) is 9.97 Å². The Hall–Kier alpha value is -2.34. The van der Waals surface area contributed by atoms with E-state index in [-0.39, 0.29) is 17.5 Å². The lowest BCUT2D eigenvalue weighted by molar-refractivity contribution is -0.0559. The standard InChI is InChI=1S/C22H24B2N4O2/c1-13-8-20(6-5-18(13)29-2)9-15-4-3-14(16-10-26-12-27-11-16)7-17(15)21(20)22(23,24)30-19(25)28-21/h3-4,7,10-13,18H,5-6,8-9H2,1-2H3,(H2,25,28)/t13-,18-,20-,21+/m1/s1. The highest BCUT2D eigenvalue weighted by Crippen LogP contribution is 2.65. The lowest BCUT2D eigenvalue weighted by Gasteiger charge is -2.53. The summed E-state index contributed by atoms with van der Waals surface area (Å²) in [5.74, 6) is 0.338. The monoisotopic (exact) mass is 398 g/mol. The number of aliphatic imine (C=N–C) groups is 1. The number of benzene rings is 1. The smallest absolute Gasteiger partial charge is 0.281 e. The fourth-order valence-corrected chi connectivity index (χ4v) is 6.19. The average molecular weight is 398 g/mol. The summed E-state index contributed by atoms with van der Waals surface area (Å²) in [6.45, 7) is 2.22. The highest BCUT2D eigenvalue weighted by Gasteiger charge is 2.68. The number of hydrogen-bond acceptors (Lipinski definition) is 6. The molecule has 0 amide bonds. The van der Waals surface area contributed by atoms with Gasteiger partial charge in [0.1, 0.15) is 27.6 Å². The van der Waals surface area contributed by atoms with Gasteiger partial charge >= 0.3 is 0 Å². The van der Waals surface area contributed by atoms with Gasteiger partial charge < -0.3 is 15.2 Å². The van der Waals surface area contributed by atoms with Crippen LogP contribution in [0.1, 0.15) is 37.3 Å². The van der Waals surface area contributed by atoms with Gasteiger partial charge in [0.15, 0.2) is 0 Å². The van der Waals surface area contributed by atoms with Gasteiger partial charge in [0.05, 0.1) is 11.5 Å². The fraction of sp³-hybridized carbons (Fsp3) is 0.500. The van der Waals surface area contributed by atoms with Gasteiger partial charge in [-0.1, -0.05) is 19.1 Å². The molecular formula is C22H24B2N4O2. The average Bonchev–Trinajstić information content (AvgIpc) is 3.13. The van der Waals surface area contributed by atoms with E-state index in [1.165, 1.54) is 11.9 Å². The number of methoxy groups -OCH3 is 1. The molecule has 2 spiro atoms. The molecule has 1 fully saturated rings. The maximum absolute atomic E-state index is 6.64. The number of amidine groups is 1. The van der Waals surface area contributed by atoms with Crippen LogP contribution in [0.4, 0.5) is 0 Å². The Kier molecular flexibility index (Phi) is 4.30. The zero-order valence-electron chi connectivity index (χ0n) is 17.3. The van der Waals surface area contributed by atoms with Crippen molar-refractivity contribution in [3.05, 3.63) is 48.0 Å². The van der Waals surface area contributed by atoms with E-state index >= 15 is 0 Å². The van der Waals surface area contributed by atoms with Crippen LogP contribution in [0.3, 0.4) is 0 Å². The Morgan fingerprint density at radius 1 is 1.20 bits per heavy atom. The highest BCUT2D eigenvalue weighted by atomic mass is 16.5. The van der Waals surface area contributed by atoms with Crippen LogP contribution >= 0.6 is 0 Å². The van der Waals surface area contributed by atoms with E-state index in [4.69, 9.17) is 35.9 Å². The van der Waals surface area contributed by atoms with Gasteiger partial charge in [0.2, 0.25) is 0 Å². The predicted molar refractivity (Wildman–Crippen MR) is 116 cm³/mol. The number of hydrogen-bond donors (Lipinski definition) is 1. The third-order valence-corrected chi connectivity index (χ3v) is 7.36. The fourth-order valence-electron chi connectivity index (χ4n) is 6.19. The van der Waals surface area contributed by atoms with Crippen LogP contribution in [-0.2, 0) is 21.4 Å². The number of nitrogens with zero attached hydrogens (tertiary/aromatic N) is 3. The van der Waals surface area contributed by atoms with Crippen molar-refractivity contribution >= 4 is 21.7 Å². The minimum Gasteiger partial charge on any atom is -0.476 e. The van der Waals surface area contributed by atoms with Gasteiger partial charge in [-0.05, 0) is 54.4 Å². The molecule has 2 heterocycles. The van der Waals surface area contributed by atoms with Crippen molar-refractivity contribution in [1.29, 1.82) is 0 Å². The van der Waals surface area contributed by atoms with Crippen LogP contribution in [0.15, 0.2) is 41.9 Å². The third-order valence-electron chi connectivity index (χ3n) is 7.36. The van der Waals surface area contributed by atoms with Crippen molar-refractivity contribution in [2.45, 2.75) is 49.6 Å². The van der Waals surface area contributed by atoms with Crippen LogP contribution in [0, 0.1) is 11.3 Å². The van der Waals surface area contributed by atoms with E-state index in [1.54, 1.807) is 19.5 Å². The number of rotatable bonds is 2. The summed E-state index contributed by atoms with van der Waals surface area (Å²) >= 11 is 0. The molecule has 2 aliphatic carbocycles. The van der Waals surface area contributed by atoms with Gasteiger partial charge in [0.25, 0.3) is 6.02 Å². The first kappa shape index (κ1) is 19.6. The second-order valence-electron chi connectivity index (χ2n) is 9.01. The quantitative estimate of drug-likeness (QED) is 0.784. The minimum atomic E-state index is -1.53. The van der Waals surface area contributed by atoms with E-state index in [2.05, 4.69) is 35.1 Å². The SMILES string of the molecule is [B]C1([B])OC(N)=N[C@]12c1cc(-c3cncnc3)ccc1C[C@]21CC[C@@H](OC)[C@H](C)C1. The lowest BCUT2D eigenvalue weighted by atomic mass is 9.44. The van der Waals surface area contributed by atoms with Crippen molar-refractivity contribution in [3.63, 3.8) is 0 Å². The Bertz CT molecular complexity index is 1020. The predicted octanol–water partition coefficient (Wildman–Crippen LogP) is 2.05. The third kappa shape index (κ3) is 2.52. The Morgan fingerprint density at radius 2 is 1.97 bits per heavy atom. The molecular weight excluding hydrogens is 374 g/mol. The molecule has 0 saturated heterocycles. The normalized spacial score (nSPS) is 34.0. The first-order valence-corrected chi connectivity index (χ1v) is 10.4. The van der Waals surface area contributed by atoms with Crippen LogP contribution in [0.5, 0.6) is 0 Å². The van der Waals surface area contributed by atoms with Crippen LogP contribution < -0.4 is 5.73 Å². The Morgan fingerprint density at radius 3 is 2.60 bits per heavy atom. The van der Waals surface area contributed by atoms with Crippen molar-refractivity contribution < 1.29 is 9.47 Å². The number of aromatic nitrogens is 2. The molecule has 150 valence electrons. The van der Waals surface area contributed by atoms with Gasteiger partial charge in [0, 0.05) is 30.5 Å². The number of fused-ring (bicyclic) bond motifs is 3. The summed E-state index contributed by atoms with van der Waals surface area (Å²) in [4.78, 5) is 13.2.